The minimum atomic E-state index is -0.404. The summed E-state index contributed by atoms with van der Waals surface area (Å²) in [6, 6.07) is 13.2. The molecule has 178 valence electrons. The lowest BCUT2D eigenvalue weighted by molar-refractivity contribution is 0.0525. The topological polar surface area (TPSA) is 86.1 Å². The first-order chi connectivity index (χ1) is 16.9. The van der Waals surface area contributed by atoms with Crippen LogP contribution in [0.5, 0.6) is 0 Å². The van der Waals surface area contributed by atoms with Crippen molar-refractivity contribution in [3.05, 3.63) is 81.2 Å². The molecule has 0 spiro atoms. The quantitative estimate of drug-likeness (QED) is 0.303. The number of benzene rings is 2. The molecule has 5 rings (SSSR count). The fraction of sp³-hybridized carbons (Fsp3) is 0.259. The number of carbonyl (C=O) groups excluding carboxylic acids is 2. The molecule has 0 saturated heterocycles. The number of carbonyl (C=O) groups is 2. The van der Waals surface area contributed by atoms with E-state index in [2.05, 4.69) is 26.3 Å². The normalized spacial score (nSPS) is 13.1. The number of fused-ring (bicyclic) bond motifs is 1. The number of hydrogen-bond acceptors (Lipinski definition) is 5. The molecule has 0 radical (unpaired) electrons. The highest BCUT2D eigenvalue weighted by Gasteiger charge is 2.30. The number of anilines is 1. The Morgan fingerprint density at radius 1 is 1.17 bits per heavy atom. The van der Waals surface area contributed by atoms with E-state index in [1.54, 1.807) is 11.6 Å². The van der Waals surface area contributed by atoms with Crippen LogP contribution >= 0.6 is 15.9 Å². The Bertz CT molecular complexity index is 1470. The molecule has 4 aromatic rings. The van der Waals surface area contributed by atoms with Gasteiger partial charge in [0, 0.05) is 27.2 Å². The minimum Gasteiger partial charge on any atom is -0.462 e. The van der Waals surface area contributed by atoms with Crippen LogP contribution in [0.1, 0.15) is 63.4 Å². The molecule has 0 aliphatic heterocycles. The Labute approximate surface area is 211 Å². The summed E-state index contributed by atoms with van der Waals surface area (Å²) in [5.41, 5.74) is 5.84. The predicted octanol–water partition coefficient (Wildman–Crippen LogP) is 6.11. The number of rotatable bonds is 6. The fourth-order valence-corrected chi connectivity index (χ4v) is 4.75. The minimum absolute atomic E-state index is 0.184. The number of pyridine rings is 1. The second-order valence-electron chi connectivity index (χ2n) is 8.71. The summed E-state index contributed by atoms with van der Waals surface area (Å²) in [4.78, 5) is 30.6. The van der Waals surface area contributed by atoms with Gasteiger partial charge in [0.15, 0.2) is 0 Å². The van der Waals surface area contributed by atoms with Gasteiger partial charge in [0.05, 0.1) is 35.3 Å². The van der Waals surface area contributed by atoms with Crippen LogP contribution in [0.2, 0.25) is 0 Å². The molecule has 35 heavy (non-hydrogen) atoms. The van der Waals surface area contributed by atoms with Gasteiger partial charge in [0.2, 0.25) is 0 Å². The predicted molar refractivity (Wildman–Crippen MR) is 138 cm³/mol. The van der Waals surface area contributed by atoms with E-state index in [1.165, 1.54) is 6.20 Å². The Kier molecular flexibility index (Phi) is 6.15. The third-order valence-corrected chi connectivity index (χ3v) is 6.77. The summed E-state index contributed by atoms with van der Waals surface area (Å²) in [5.74, 6) is -0.163. The number of esters is 1. The average Bonchev–Trinajstić information content (AvgIpc) is 3.60. The van der Waals surface area contributed by atoms with Gasteiger partial charge in [0.25, 0.3) is 5.91 Å². The molecule has 8 heteroatoms. The van der Waals surface area contributed by atoms with Crippen LogP contribution in [0, 0.1) is 13.8 Å². The van der Waals surface area contributed by atoms with E-state index < -0.39 is 5.97 Å². The van der Waals surface area contributed by atoms with Crippen LogP contribution in [0.4, 0.5) is 5.69 Å². The molecule has 0 unspecified atom stereocenters. The van der Waals surface area contributed by atoms with Gasteiger partial charge in [0.1, 0.15) is 5.56 Å². The largest absolute Gasteiger partial charge is 0.462 e. The molecule has 1 aliphatic rings. The Morgan fingerprint density at radius 3 is 2.71 bits per heavy atom. The van der Waals surface area contributed by atoms with Gasteiger partial charge in [-0.3, -0.25) is 9.78 Å². The van der Waals surface area contributed by atoms with Gasteiger partial charge in [-0.15, -0.1) is 0 Å². The number of halogens is 1. The van der Waals surface area contributed by atoms with Gasteiger partial charge < -0.3 is 10.1 Å². The third kappa shape index (κ3) is 4.46. The van der Waals surface area contributed by atoms with Crippen molar-refractivity contribution in [2.75, 3.05) is 11.9 Å². The van der Waals surface area contributed by atoms with E-state index in [1.807, 2.05) is 56.3 Å². The summed E-state index contributed by atoms with van der Waals surface area (Å²) in [7, 11) is 0. The summed E-state index contributed by atoms with van der Waals surface area (Å²) < 4.78 is 7.67. The van der Waals surface area contributed by atoms with Crippen molar-refractivity contribution >= 4 is 44.4 Å². The zero-order chi connectivity index (χ0) is 24.7. The van der Waals surface area contributed by atoms with E-state index in [4.69, 9.17) is 9.72 Å². The molecule has 0 atom stereocenters. The number of amides is 1. The molecule has 1 saturated carbocycles. The Balaban J connectivity index is 1.49. The van der Waals surface area contributed by atoms with Crippen LogP contribution in [0.3, 0.4) is 0 Å². The number of hydrogen-bond donors (Lipinski definition) is 1. The zero-order valence-electron chi connectivity index (χ0n) is 19.8. The van der Waals surface area contributed by atoms with Crippen LogP contribution in [0.25, 0.3) is 16.6 Å². The summed E-state index contributed by atoms with van der Waals surface area (Å²) in [5, 5.41) is 8.24. The molecule has 2 heterocycles. The number of nitrogens with zero attached hydrogens (tertiary/aromatic N) is 3. The van der Waals surface area contributed by atoms with E-state index in [-0.39, 0.29) is 5.91 Å². The van der Waals surface area contributed by atoms with Crippen molar-refractivity contribution in [3.63, 3.8) is 0 Å². The van der Waals surface area contributed by atoms with E-state index in [0.717, 1.165) is 45.2 Å². The number of ether oxygens (including phenoxy) is 1. The molecule has 2 aromatic heterocycles. The highest BCUT2D eigenvalue weighted by Crippen LogP contribution is 2.42. The second-order valence-corrected chi connectivity index (χ2v) is 9.63. The van der Waals surface area contributed by atoms with Gasteiger partial charge in [-0.1, -0.05) is 22.0 Å². The molecule has 1 fully saturated rings. The highest BCUT2D eigenvalue weighted by atomic mass is 79.9. The molecule has 0 bridgehead atoms. The van der Waals surface area contributed by atoms with Crippen molar-refractivity contribution in [3.8, 4) is 5.69 Å². The monoisotopic (exact) mass is 532 g/mol. The maximum absolute atomic E-state index is 13.6. The van der Waals surface area contributed by atoms with Crippen LogP contribution in [-0.2, 0) is 4.74 Å². The first-order valence-corrected chi connectivity index (χ1v) is 12.4. The molecule has 2 aromatic carbocycles. The average molecular weight is 533 g/mol. The Hall–Kier alpha value is -3.52. The van der Waals surface area contributed by atoms with Crippen molar-refractivity contribution in [1.82, 2.24) is 14.8 Å². The fourth-order valence-electron chi connectivity index (χ4n) is 4.38. The molecule has 1 aliphatic carbocycles. The molecular formula is C27H25BrN4O3. The first kappa shape index (κ1) is 23.2. The zero-order valence-corrected chi connectivity index (χ0v) is 21.3. The van der Waals surface area contributed by atoms with Gasteiger partial charge in [-0.25, -0.2) is 9.48 Å². The number of aromatic nitrogens is 3. The van der Waals surface area contributed by atoms with Crippen LogP contribution < -0.4 is 5.32 Å². The molecule has 7 nitrogen and oxygen atoms in total. The van der Waals surface area contributed by atoms with E-state index >= 15 is 0 Å². The summed E-state index contributed by atoms with van der Waals surface area (Å²) in [6.45, 7) is 5.86. The first-order valence-electron chi connectivity index (χ1n) is 11.6. The lowest BCUT2D eigenvalue weighted by Crippen LogP contribution is -2.16. The van der Waals surface area contributed by atoms with Crippen molar-refractivity contribution in [2.24, 2.45) is 0 Å². The van der Waals surface area contributed by atoms with Crippen molar-refractivity contribution in [1.29, 1.82) is 0 Å². The van der Waals surface area contributed by atoms with Crippen molar-refractivity contribution in [2.45, 2.75) is 39.5 Å². The molecule has 1 amide bonds. The lowest BCUT2D eigenvalue weighted by atomic mass is 9.98. The highest BCUT2D eigenvalue weighted by molar-refractivity contribution is 9.10. The maximum atomic E-state index is 13.6. The molecule has 1 N–H and O–H groups in total. The van der Waals surface area contributed by atoms with Gasteiger partial charge in [-0.05, 0) is 75.6 Å². The smallest absolute Gasteiger partial charge is 0.341 e. The second kappa shape index (κ2) is 9.26. The van der Waals surface area contributed by atoms with E-state index in [0.29, 0.717) is 35.0 Å². The number of nitrogens with one attached hydrogen (secondary N) is 1. The Morgan fingerprint density at radius 2 is 1.97 bits per heavy atom. The van der Waals surface area contributed by atoms with Crippen LogP contribution in [0.15, 0.2) is 53.1 Å². The SMILES string of the molecule is CCOC(=O)c1cnn(-c2cccc(NC(=O)c3c(C)c(C4CC4)nc4ccc(Br)cc34)c2)c1C. The van der Waals surface area contributed by atoms with Crippen LogP contribution in [-0.4, -0.2) is 33.2 Å². The standard InChI is InChI=1S/C27H25BrN4O3/c1-4-35-27(34)22-14-29-32(16(22)3)20-7-5-6-19(13-20)30-26(33)24-15(2)25(17-8-9-17)31-23-11-10-18(28)12-21(23)24/h5-7,10-14,17H,4,8-9H2,1-3H3,(H,30,33). The van der Waals surface area contributed by atoms with Gasteiger partial charge in [-0.2, -0.15) is 5.10 Å². The van der Waals surface area contributed by atoms with E-state index in [9.17, 15) is 9.59 Å². The van der Waals surface area contributed by atoms with Gasteiger partial charge >= 0.3 is 5.97 Å². The third-order valence-electron chi connectivity index (χ3n) is 6.27. The maximum Gasteiger partial charge on any atom is 0.341 e. The van der Waals surface area contributed by atoms with Crippen molar-refractivity contribution < 1.29 is 14.3 Å². The summed E-state index contributed by atoms with van der Waals surface area (Å²) >= 11 is 3.53. The lowest BCUT2D eigenvalue weighted by Gasteiger charge is -2.15. The molecular weight excluding hydrogens is 508 g/mol. The summed E-state index contributed by atoms with van der Waals surface area (Å²) in [6.07, 6.45) is 3.72.